The van der Waals surface area contributed by atoms with Crippen LogP contribution in [0, 0.1) is 0 Å². The van der Waals surface area contributed by atoms with Gasteiger partial charge in [0.2, 0.25) is 5.91 Å². The summed E-state index contributed by atoms with van der Waals surface area (Å²) in [6.07, 6.45) is 4.76. The van der Waals surface area contributed by atoms with Crippen LogP contribution in [-0.4, -0.2) is 29.6 Å². The molecule has 0 atom stereocenters. The fraction of sp³-hybridized carbons (Fsp3) is 0.500. The third-order valence-corrected chi connectivity index (χ3v) is 4.85. The first-order valence-electron chi connectivity index (χ1n) is 6.62. The average Bonchev–Trinajstić information content (AvgIpc) is 2.66. The summed E-state index contributed by atoms with van der Waals surface area (Å²) in [7, 11) is 0. The summed E-state index contributed by atoms with van der Waals surface area (Å²) in [5.41, 5.74) is 6.66. The Morgan fingerprint density at radius 3 is 2.58 bits per heavy atom. The minimum atomic E-state index is 0.231. The van der Waals surface area contributed by atoms with E-state index in [-0.39, 0.29) is 5.91 Å². The quantitative estimate of drug-likeness (QED) is 0.675. The van der Waals surface area contributed by atoms with E-state index in [0.29, 0.717) is 5.75 Å². The van der Waals surface area contributed by atoms with Crippen molar-refractivity contribution in [3.8, 4) is 0 Å². The molecule has 2 rings (SSSR count). The third-order valence-electron chi connectivity index (χ3n) is 3.28. The molecule has 1 amide bonds. The van der Waals surface area contributed by atoms with Gasteiger partial charge in [0.25, 0.3) is 0 Å². The van der Waals surface area contributed by atoms with Crippen molar-refractivity contribution < 1.29 is 4.79 Å². The number of hydrogen-bond donors (Lipinski definition) is 1. The van der Waals surface area contributed by atoms with E-state index in [1.165, 1.54) is 24.6 Å². The molecule has 1 heterocycles. The number of hydrogen-bond acceptors (Lipinski definition) is 3. The highest BCUT2D eigenvalue weighted by atomic mass is 79.9. The van der Waals surface area contributed by atoms with Crippen LogP contribution < -0.4 is 5.73 Å². The molecule has 0 saturated carbocycles. The molecule has 0 aliphatic carbocycles. The highest BCUT2D eigenvalue weighted by Gasteiger charge is 2.15. The van der Waals surface area contributed by atoms with Crippen LogP contribution in [0.1, 0.15) is 25.7 Å². The van der Waals surface area contributed by atoms with Gasteiger partial charge in [0.05, 0.1) is 5.75 Å². The lowest BCUT2D eigenvalue weighted by Gasteiger charge is -2.20. The van der Waals surface area contributed by atoms with Crippen molar-refractivity contribution in [2.75, 3.05) is 24.6 Å². The van der Waals surface area contributed by atoms with Crippen LogP contribution in [0.15, 0.2) is 27.6 Å². The van der Waals surface area contributed by atoms with Gasteiger partial charge >= 0.3 is 0 Å². The number of carbonyl (C=O) groups excluding carboxylic acids is 1. The normalized spacial score (nSPS) is 16.2. The molecule has 3 nitrogen and oxygen atoms in total. The fourth-order valence-corrected chi connectivity index (χ4v) is 3.43. The monoisotopic (exact) mass is 342 g/mol. The van der Waals surface area contributed by atoms with E-state index in [4.69, 9.17) is 5.73 Å². The van der Waals surface area contributed by atoms with Gasteiger partial charge < -0.3 is 10.6 Å². The van der Waals surface area contributed by atoms with Gasteiger partial charge in [-0.25, -0.2) is 0 Å². The van der Waals surface area contributed by atoms with Gasteiger partial charge in [0.15, 0.2) is 0 Å². The predicted molar refractivity (Wildman–Crippen MR) is 84.3 cm³/mol. The number of nitrogen functional groups attached to an aromatic ring is 1. The van der Waals surface area contributed by atoms with Crippen molar-refractivity contribution >= 4 is 39.3 Å². The zero-order valence-corrected chi connectivity index (χ0v) is 13.3. The number of amides is 1. The van der Waals surface area contributed by atoms with E-state index in [0.717, 1.165) is 41.0 Å². The molecule has 1 aromatic rings. The molecule has 104 valence electrons. The van der Waals surface area contributed by atoms with Gasteiger partial charge in [-0.2, -0.15) is 0 Å². The minimum Gasteiger partial charge on any atom is -0.398 e. The van der Waals surface area contributed by atoms with Gasteiger partial charge in [-0.3, -0.25) is 4.79 Å². The highest BCUT2D eigenvalue weighted by Crippen LogP contribution is 2.28. The van der Waals surface area contributed by atoms with Crippen molar-refractivity contribution in [3.05, 3.63) is 22.7 Å². The number of anilines is 1. The van der Waals surface area contributed by atoms with E-state index in [9.17, 15) is 4.79 Å². The SMILES string of the molecule is Nc1cc(Br)ccc1SCC(=O)N1CCCCCC1. The predicted octanol–water partition coefficient (Wildman–Crippen LogP) is 3.53. The molecule has 1 aromatic carbocycles. The lowest BCUT2D eigenvalue weighted by molar-refractivity contribution is -0.128. The molecular formula is C14H19BrN2OS. The molecule has 1 fully saturated rings. The van der Waals surface area contributed by atoms with E-state index in [1.807, 2.05) is 23.1 Å². The standard InChI is InChI=1S/C14H19BrN2OS/c15-11-5-6-13(12(16)9-11)19-10-14(18)17-7-3-1-2-4-8-17/h5-6,9H,1-4,7-8,10,16H2. The smallest absolute Gasteiger partial charge is 0.232 e. The first-order valence-corrected chi connectivity index (χ1v) is 8.40. The molecule has 2 N–H and O–H groups in total. The number of rotatable bonds is 3. The topological polar surface area (TPSA) is 46.3 Å². The zero-order valence-electron chi connectivity index (χ0n) is 10.9. The minimum absolute atomic E-state index is 0.231. The lowest BCUT2D eigenvalue weighted by atomic mass is 10.2. The molecule has 1 saturated heterocycles. The largest absolute Gasteiger partial charge is 0.398 e. The Morgan fingerprint density at radius 1 is 1.26 bits per heavy atom. The van der Waals surface area contributed by atoms with Crippen LogP contribution in [0.2, 0.25) is 0 Å². The Labute approximate surface area is 127 Å². The van der Waals surface area contributed by atoms with Crippen LogP contribution in [0.25, 0.3) is 0 Å². The van der Waals surface area contributed by atoms with E-state index >= 15 is 0 Å². The maximum atomic E-state index is 12.2. The highest BCUT2D eigenvalue weighted by molar-refractivity contribution is 9.10. The van der Waals surface area contributed by atoms with Gasteiger partial charge in [-0.1, -0.05) is 28.8 Å². The second-order valence-electron chi connectivity index (χ2n) is 4.77. The van der Waals surface area contributed by atoms with Gasteiger partial charge in [-0.05, 0) is 31.0 Å². The lowest BCUT2D eigenvalue weighted by Crippen LogP contribution is -2.33. The first-order chi connectivity index (χ1) is 9.16. The molecule has 0 aromatic heterocycles. The van der Waals surface area contributed by atoms with Crippen molar-refractivity contribution in [2.45, 2.75) is 30.6 Å². The molecule has 0 bridgehead atoms. The Balaban J connectivity index is 1.88. The van der Waals surface area contributed by atoms with Gasteiger partial charge in [-0.15, -0.1) is 11.8 Å². The Kier molecular flexibility index (Phi) is 5.58. The molecule has 5 heteroatoms. The number of likely N-dealkylation sites (tertiary alicyclic amines) is 1. The van der Waals surface area contributed by atoms with Crippen molar-refractivity contribution in [1.82, 2.24) is 4.90 Å². The number of nitrogens with zero attached hydrogens (tertiary/aromatic N) is 1. The fourth-order valence-electron chi connectivity index (χ4n) is 2.20. The van der Waals surface area contributed by atoms with E-state index < -0.39 is 0 Å². The van der Waals surface area contributed by atoms with Crippen LogP contribution >= 0.6 is 27.7 Å². The van der Waals surface area contributed by atoms with Gasteiger partial charge in [0.1, 0.15) is 0 Å². The second-order valence-corrected chi connectivity index (χ2v) is 6.70. The summed E-state index contributed by atoms with van der Waals surface area (Å²) in [5.74, 6) is 0.709. The molecule has 19 heavy (non-hydrogen) atoms. The number of halogens is 1. The van der Waals surface area contributed by atoms with Crippen LogP contribution in [-0.2, 0) is 4.79 Å². The molecule has 1 aliphatic rings. The summed E-state index contributed by atoms with van der Waals surface area (Å²) < 4.78 is 0.966. The summed E-state index contributed by atoms with van der Waals surface area (Å²) in [4.78, 5) is 15.1. The van der Waals surface area contributed by atoms with Gasteiger partial charge in [0, 0.05) is 28.1 Å². The number of thioether (sulfide) groups is 1. The molecule has 0 spiro atoms. The Morgan fingerprint density at radius 2 is 1.95 bits per heavy atom. The second kappa shape index (κ2) is 7.20. The summed E-state index contributed by atoms with van der Waals surface area (Å²) in [6, 6.07) is 5.79. The summed E-state index contributed by atoms with van der Waals surface area (Å²) >= 11 is 4.91. The zero-order chi connectivity index (χ0) is 13.7. The molecule has 0 unspecified atom stereocenters. The van der Waals surface area contributed by atoms with Crippen molar-refractivity contribution in [1.29, 1.82) is 0 Å². The first kappa shape index (κ1) is 14.7. The molecule has 1 aliphatic heterocycles. The van der Waals surface area contributed by atoms with Crippen LogP contribution in [0.4, 0.5) is 5.69 Å². The molecule has 0 radical (unpaired) electrons. The summed E-state index contributed by atoms with van der Waals surface area (Å²) in [5, 5.41) is 0. The number of carbonyl (C=O) groups is 1. The van der Waals surface area contributed by atoms with Crippen molar-refractivity contribution in [2.24, 2.45) is 0 Å². The van der Waals surface area contributed by atoms with Crippen molar-refractivity contribution in [3.63, 3.8) is 0 Å². The Hall–Kier alpha value is -0.680. The van der Waals surface area contributed by atoms with E-state index in [1.54, 1.807) is 0 Å². The number of benzene rings is 1. The molecular weight excluding hydrogens is 324 g/mol. The van der Waals surface area contributed by atoms with Crippen LogP contribution in [0.3, 0.4) is 0 Å². The van der Waals surface area contributed by atoms with Crippen LogP contribution in [0.5, 0.6) is 0 Å². The maximum Gasteiger partial charge on any atom is 0.232 e. The van der Waals surface area contributed by atoms with E-state index in [2.05, 4.69) is 15.9 Å². The summed E-state index contributed by atoms with van der Waals surface area (Å²) in [6.45, 7) is 1.82. The number of nitrogens with two attached hydrogens (primary N) is 1. The average molecular weight is 343 g/mol. The maximum absolute atomic E-state index is 12.2. The Bertz CT molecular complexity index is 445. The third kappa shape index (κ3) is 4.42.